The van der Waals surface area contributed by atoms with Gasteiger partial charge in [-0.15, -0.1) is 10.2 Å². The molecule has 2 amide bonds. The molecule has 1 saturated heterocycles. The zero-order valence-electron chi connectivity index (χ0n) is 15.6. The predicted octanol–water partition coefficient (Wildman–Crippen LogP) is 2.78. The molecular weight excluding hydrogens is 362 g/mol. The van der Waals surface area contributed by atoms with E-state index in [0.717, 1.165) is 22.5 Å². The van der Waals surface area contributed by atoms with Crippen molar-refractivity contribution in [2.45, 2.75) is 44.5 Å². The first-order valence-electron chi connectivity index (χ1n) is 8.64. The highest BCUT2D eigenvalue weighted by Gasteiger charge is 2.41. The van der Waals surface area contributed by atoms with Crippen LogP contribution in [0.5, 0.6) is 0 Å². The third kappa shape index (κ3) is 3.10. The highest BCUT2D eigenvalue weighted by molar-refractivity contribution is 8.00. The van der Waals surface area contributed by atoms with Crippen molar-refractivity contribution in [3.8, 4) is 0 Å². The molecule has 1 fully saturated rings. The Bertz CT molecular complexity index is 1070. The Hall–Kier alpha value is -2.74. The van der Waals surface area contributed by atoms with Crippen molar-refractivity contribution in [1.82, 2.24) is 19.6 Å². The smallest absolute Gasteiger partial charge is 0.256 e. The average Bonchev–Trinajstić information content (AvgIpc) is 3.08. The van der Waals surface area contributed by atoms with Gasteiger partial charge in [-0.25, -0.2) is 9.88 Å². The molecule has 0 spiro atoms. The Morgan fingerprint density at radius 3 is 2.41 bits per heavy atom. The number of carbonyl (C=O) groups is 2. The summed E-state index contributed by atoms with van der Waals surface area (Å²) in [7, 11) is 0. The molecule has 4 rings (SSSR count). The molecule has 0 aliphatic carbocycles. The maximum atomic E-state index is 13.0. The number of imide groups is 1. The second kappa shape index (κ2) is 6.45. The Balaban J connectivity index is 1.65. The van der Waals surface area contributed by atoms with Crippen molar-refractivity contribution in [1.29, 1.82) is 0 Å². The number of aryl methyl sites for hydroxylation is 4. The van der Waals surface area contributed by atoms with Gasteiger partial charge in [-0.3, -0.25) is 14.0 Å². The summed E-state index contributed by atoms with van der Waals surface area (Å²) in [5.74, 6) is 0.0874. The number of fused-ring (bicyclic) bond motifs is 1. The van der Waals surface area contributed by atoms with E-state index in [1.807, 2.05) is 56.4 Å². The monoisotopic (exact) mass is 381 g/mol. The van der Waals surface area contributed by atoms with Crippen LogP contribution in [0.25, 0.3) is 5.78 Å². The van der Waals surface area contributed by atoms with Gasteiger partial charge >= 0.3 is 0 Å². The zero-order chi connectivity index (χ0) is 19.3. The number of rotatable bonds is 3. The number of aromatic nitrogens is 4. The maximum Gasteiger partial charge on any atom is 0.256 e. The van der Waals surface area contributed by atoms with Crippen LogP contribution in [0.2, 0.25) is 0 Å². The summed E-state index contributed by atoms with van der Waals surface area (Å²) in [5.41, 5.74) is 4.46. The van der Waals surface area contributed by atoms with Crippen LogP contribution in [0.15, 0.2) is 29.4 Å². The van der Waals surface area contributed by atoms with Gasteiger partial charge < -0.3 is 0 Å². The molecule has 27 heavy (non-hydrogen) atoms. The van der Waals surface area contributed by atoms with Crippen LogP contribution in [0, 0.1) is 27.7 Å². The van der Waals surface area contributed by atoms with E-state index in [4.69, 9.17) is 0 Å². The van der Waals surface area contributed by atoms with Gasteiger partial charge in [0.25, 0.3) is 5.78 Å². The molecule has 3 aromatic rings. The Labute approximate surface area is 160 Å². The van der Waals surface area contributed by atoms with Gasteiger partial charge in [-0.1, -0.05) is 17.8 Å². The minimum atomic E-state index is -0.522. The van der Waals surface area contributed by atoms with Crippen LogP contribution in [0.4, 0.5) is 5.69 Å². The Kier molecular flexibility index (Phi) is 4.22. The molecule has 7 nitrogen and oxygen atoms in total. The molecule has 8 heteroatoms. The molecular formula is C19H19N5O2S. The van der Waals surface area contributed by atoms with Crippen LogP contribution in [0.1, 0.15) is 28.9 Å². The molecule has 138 valence electrons. The summed E-state index contributed by atoms with van der Waals surface area (Å²) in [6.07, 6.45) is 0.143. The van der Waals surface area contributed by atoms with Crippen LogP contribution in [-0.2, 0) is 9.59 Å². The van der Waals surface area contributed by atoms with Crippen molar-refractivity contribution in [3.05, 3.63) is 46.8 Å². The quantitative estimate of drug-likeness (QED) is 0.649. The molecule has 1 aliphatic rings. The summed E-state index contributed by atoms with van der Waals surface area (Å²) < 4.78 is 1.81. The van der Waals surface area contributed by atoms with E-state index in [2.05, 4.69) is 15.2 Å². The lowest BCUT2D eigenvalue weighted by atomic mass is 10.1. The van der Waals surface area contributed by atoms with Crippen molar-refractivity contribution in [3.63, 3.8) is 0 Å². The van der Waals surface area contributed by atoms with E-state index >= 15 is 0 Å². The lowest BCUT2D eigenvalue weighted by Gasteiger charge is -2.16. The molecule has 3 heterocycles. The van der Waals surface area contributed by atoms with Gasteiger partial charge in [0.05, 0.1) is 5.69 Å². The van der Waals surface area contributed by atoms with Gasteiger partial charge in [-0.2, -0.15) is 0 Å². The Morgan fingerprint density at radius 2 is 1.70 bits per heavy atom. The molecule has 0 bridgehead atoms. The number of hydrogen-bond donors (Lipinski definition) is 0. The summed E-state index contributed by atoms with van der Waals surface area (Å²) in [6.45, 7) is 7.75. The SMILES string of the molecule is Cc1cc(C)cc(N2C(=O)C[C@@H](Sc3nnc4nc(C)cc(C)n34)C2=O)c1. The average molecular weight is 381 g/mol. The number of benzene rings is 1. The third-order valence-electron chi connectivity index (χ3n) is 4.48. The van der Waals surface area contributed by atoms with Gasteiger partial charge in [0, 0.05) is 17.8 Å². The van der Waals surface area contributed by atoms with E-state index in [1.54, 1.807) is 0 Å². The third-order valence-corrected chi connectivity index (χ3v) is 5.61. The second-order valence-electron chi connectivity index (χ2n) is 6.88. The van der Waals surface area contributed by atoms with E-state index < -0.39 is 5.25 Å². The van der Waals surface area contributed by atoms with Crippen molar-refractivity contribution in [2.75, 3.05) is 4.90 Å². The first kappa shape index (κ1) is 17.7. The number of amides is 2. The molecule has 0 saturated carbocycles. The van der Waals surface area contributed by atoms with E-state index in [1.165, 1.54) is 16.7 Å². The molecule has 0 N–H and O–H groups in total. The molecule has 0 radical (unpaired) electrons. The Morgan fingerprint density at radius 1 is 1.00 bits per heavy atom. The molecule has 0 unspecified atom stereocenters. The molecule has 1 atom stereocenters. The number of hydrogen-bond acceptors (Lipinski definition) is 6. The first-order chi connectivity index (χ1) is 12.8. The summed E-state index contributed by atoms with van der Waals surface area (Å²) in [4.78, 5) is 31.2. The minimum absolute atomic E-state index is 0.143. The summed E-state index contributed by atoms with van der Waals surface area (Å²) >= 11 is 1.26. The van der Waals surface area contributed by atoms with Crippen LogP contribution >= 0.6 is 11.8 Å². The molecule has 1 aromatic carbocycles. The van der Waals surface area contributed by atoms with Gasteiger partial charge in [0.1, 0.15) is 5.25 Å². The second-order valence-corrected chi connectivity index (χ2v) is 8.05. The van der Waals surface area contributed by atoms with E-state index in [9.17, 15) is 9.59 Å². The number of carbonyl (C=O) groups excluding carboxylic acids is 2. The summed E-state index contributed by atoms with van der Waals surface area (Å²) in [5, 5.41) is 8.33. The van der Waals surface area contributed by atoms with Gasteiger partial charge in [-0.05, 0) is 57.0 Å². The summed E-state index contributed by atoms with van der Waals surface area (Å²) in [6, 6.07) is 7.67. The largest absolute Gasteiger partial charge is 0.274 e. The van der Waals surface area contributed by atoms with Crippen molar-refractivity contribution >= 4 is 35.0 Å². The first-order valence-corrected chi connectivity index (χ1v) is 9.52. The van der Waals surface area contributed by atoms with Gasteiger partial charge in [0.15, 0.2) is 5.16 Å². The molecule has 1 aliphatic heterocycles. The number of thioether (sulfide) groups is 1. The zero-order valence-corrected chi connectivity index (χ0v) is 16.4. The maximum absolute atomic E-state index is 13.0. The van der Waals surface area contributed by atoms with Crippen molar-refractivity contribution in [2.24, 2.45) is 0 Å². The lowest BCUT2D eigenvalue weighted by Crippen LogP contribution is -2.31. The highest BCUT2D eigenvalue weighted by Crippen LogP contribution is 2.34. The highest BCUT2D eigenvalue weighted by atomic mass is 32.2. The fourth-order valence-electron chi connectivity index (χ4n) is 3.45. The fourth-order valence-corrected chi connectivity index (χ4v) is 4.56. The van der Waals surface area contributed by atoms with Crippen LogP contribution in [0.3, 0.4) is 0 Å². The fraction of sp³-hybridized carbons (Fsp3) is 0.316. The van der Waals surface area contributed by atoms with E-state index in [0.29, 0.717) is 16.6 Å². The normalized spacial score (nSPS) is 17.3. The van der Waals surface area contributed by atoms with Crippen LogP contribution in [-0.4, -0.2) is 36.6 Å². The van der Waals surface area contributed by atoms with Crippen molar-refractivity contribution < 1.29 is 9.59 Å². The standard InChI is InChI=1S/C19H19N5O2S/c1-10-5-11(2)7-14(6-10)24-16(25)9-15(17(24)26)27-19-22-21-18-20-12(3)8-13(4)23(18)19/h5-8,15H,9H2,1-4H3/t15-/m1/s1. The number of anilines is 1. The van der Waals surface area contributed by atoms with E-state index in [-0.39, 0.29) is 18.2 Å². The van der Waals surface area contributed by atoms with Crippen LogP contribution < -0.4 is 4.90 Å². The lowest BCUT2D eigenvalue weighted by molar-refractivity contribution is -0.121. The topological polar surface area (TPSA) is 80.5 Å². The number of nitrogens with zero attached hydrogens (tertiary/aromatic N) is 5. The van der Waals surface area contributed by atoms with Gasteiger partial charge in [0.2, 0.25) is 11.8 Å². The molecule has 2 aromatic heterocycles. The predicted molar refractivity (Wildman–Crippen MR) is 103 cm³/mol. The minimum Gasteiger partial charge on any atom is -0.274 e.